The number of hydrogen-bond donors (Lipinski definition) is 2. The monoisotopic (exact) mass is 436 g/mol. The third kappa shape index (κ3) is 4.80. The molecular weight excluding hydrogens is 412 g/mol. The maximum absolute atomic E-state index is 12.5. The number of hydrogen-bond acceptors (Lipinski definition) is 6. The normalized spacial score (nSPS) is 14.8. The van der Waals surface area contributed by atoms with Crippen LogP contribution < -0.4 is 10.9 Å². The Morgan fingerprint density at radius 2 is 2.00 bits per heavy atom. The number of rotatable bonds is 6. The number of aromatic amines is 1. The van der Waals surface area contributed by atoms with Gasteiger partial charge < -0.3 is 10.3 Å². The molecule has 0 aliphatic heterocycles. The molecule has 3 aromatic rings. The Morgan fingerprint density at radius 1 is 1.23 bits per heavy atom. The third-order valence-corrected chi connectivity index (χ3v) is 6.25. The van der Waals surface area contributed by atoms with E-state index < -0.39 is 11.5 Å². The lowest BCUT2D eigenvalue weighted by Crippen LogP contribution is -2.35. The summed E-state index contributed by atoms with van der Waals surface area (Å²) < 4.78 is 0. The lowest BCUT2D eigenvalue weighted by molar-refractivity contribution is 0.0910. The Bertz CT molecular complexity index is 1180. The molecule has 8 heteroatoms. The molecule has 0 fully saturated rings. The van der Waals surface area contributed by atoms with Gasteiger partial charge in [0.1, 0.15) is 5.56 Å². The predicted octanol–water partition coefficient (Wildman–Crippen LogP) is 3.41. The average Bonchev–Trinajstić information content (AvgIpc) is 3.19. The summed E-state index contributed by atoms with van der Waals surface area (Å²) in [4.78, 5) is 48.8. The quantitative estimate of drug-likeness (QED) is 0.576. The highest BCUT2D eigenvalue weighted by molar-refractivity contribution is 7.09. The minimum atomic E-state index is -0.460. The number of carbonyl (C=O) groups is 2. The molecule has 3 aromatic heterocycles. The number of fused-ring (bicyclic) bond motifs is 1. The maximum atomic E-state index is 12.5. The summed E-state index contributed by atoms with van der Waals surface area (Å²) in [6, 6.07) is 5.28. The molecule has 31 heavy (non-hydrogen) atoms. The van der Waals surface area contributed by atoms with Crippen molar-refractivity contribution in [3.05, 3.63) is 68.2 Å². The van der Waals surface area contributed by atoms with E-state index in [2.05, 4.69) is 20.3 Å². The van der Waals surface area contributed by atoms with E-state index in [1.165, 1.54) is 6.07 Å². The van der Waals surface area contributed by atoms with Crippen molar-refractivity contribution in [2.24, 2.45) is 5.41 Å². The van der Waals surface area contributed by atoms with Gasteiger partial charge in [-0.05, 0) is 36.5 Å². The Hall–Kier alpha value is -3.13. The molecule has 3 heterocycles. The highest BCUT2D eigenvalue weighted by atomic mass is 32.1. The van der Waals surface area contributed by atoms with Crippen molar-refractivity contribution < 1.29 is 9.59 Å². The van der Waals surface area contributed by atoms with Gasteiger partial charge in [0.2, 0.25) is 0 Å². The van der Waals surface area contributed by atoms with Crippen molar-refractivity contribution in [2.75, 3.05) is 6.54 Å². The molecule has 0 saturated heterocycles. The molecule has 1 aliphatic carbocycles. The minimum absolute atomic E-state index is 0.0129. The van der Waals surface area contributed by atoms with Gasteiger partial charge in [0.05, 0.1) is 10.7 Å². The largest absolute Gasteiger partial charge is 0.352 e. The highest BCUT2D eigenvalue weighted by Crippen LogP contribution is 2.33. The van der Waals surface area contributed by atoms with Gasteiger partial charge in [0.25, 0.3) is 11.5 Å². The Labute approximate surface area is 184 Å². The van der Waals surface area contributed by atoms with Crippen molar-refractivity contribution in [2.45, 2.75) is 39.5 Å². The lowest BCUT2D eigenvalue weighted by Gasteiger charge is -2.29. The highest BCUT2D eigenvalue weighted by Gasteiger charge is 2.32. The molecule has 0 spiro atoms. The van der Waals surface area contributed by atoms with E-state index in [1.807, 2.05) is 31.4 Å². The summed E-state index contributed by atoms with van der Waals surface area (Å²) in [5.74, 6) is -0.497. The molecule has 1 aliphatic rings. The van der Waals surface area contributed by atoms with E-state index in [4.69, 9.17) is 0 Å². The molecule has 4 rings (SSSR count). The van der Waals surface area contributed by atoms with Gasteiger partial charge in [0, 0.05) is 54.0 Å². The SMILES string of the molecule is CC1(C)CC(=O)c2cc(C(=O)NCCCc3nc(-c4ccncc4)cs3)c(=O)[nH]c2C1. The standard InChI is InChI=1S/C23H24N4O3S/c1-23(2)11-17-15(19(28)12-23)10-16(22(30)27-17)21(29)25-7-3-4-20-26-18(13-31-20)14-5-8-24-9-6-14/h5-6,8-10,13H,3-4,7,11-12H2,1-2H3,(H,25,29)(H,27,30). The fraction of sp³-hybridized carbons (Fsp3) is 0.348. The van der Waals surface area contributed by atoms with Crippen LogP contribution in [-0.4, -0.2) is 33.2 Å². The van der Waals surface area contributed by atoms with Crippen LogP contribution in [0.4, 0.5) is 0 Å². The van der Waals surface area contributed by atoms with Crippen molar-refractivity contribution >= 4 is 23.0 Å². The number of amides is 1. The number of H-pyrrole nitrogens is 1. The number of aryl methyl sites for hydroxylation is 1. The Kier molecular flexibility index (Phi) is 5.82. The fourth-order valence-corrected chi connectivity index (χ4v) is 4.66. The third-order valence-electron chi connectivity index (χ3n) is 5.34. The lowest BCUT2D eigenvalue weighted by atomic mass is 9.75. The molecular formula is C23H24N4O3S. The van der Waals surface area contributed by atoms with Gasteiger partial charge in [-0.15, -0.1) is 11.3 Å². The topological polar surface area (TPSA) is 105 Å². The maximum Gasteiger partial charge on any atom is 0.261 e. The number of thiazole rings is 1. The number of carbonyl (C=O) groups excluding carboxylic acids is 2. The number of Topliss-reactive ketones (excluding diaryl/α,β-unsaturated/α-hetero) is 1. The van der Waals surface area contributed by atoms with Crippen LogP contribution in [0.25, 0.3) is 11.3 Å². The zero-order valence-corrected chi connectivity index (χ0v) is 18.3. The zero-order valence-electron chi connectivity index (χ0n) is 17.5. The second-order valence-electron chi connectivity index (χ2n) is 8.57. The molecule has 2 N–H and O–H groups in total. The molecule has 7 nitrogen and oxygen atoms in total. The summed E-state index contributed by atoms with van der Waals surface area (Å²) in [6.45, 7) is 4.41. The first kappa shape index (κ1) is 21.1. The molecule has 0 unspecified atom stereocenters. The first-order chi connectivity index (χ1) is 14.8. The summed E-state index contributed by atoms with van der Waals surface area (Å²) in [6.07, 6.45) is 5.92. The van der Waals surface area contributed by atoms with Gasteiger partial charge >= 0.3 is 0 Å². The van der Waals surface area contributed by atoms with Crippen molar-refractivity contribution in [3.63, 3.8) is 0 Å². The summed E-state index contributed by atoms with van der Waals surface area (Å²) in [5.41, 5.74) is 2.36. The van der Waals surface area contributed by atoms with Crippen LogP contribution in [0.15, 0.2) is 40.8 Å². The Balaban J connectivity index is 1.35. The number of ketones is 1. The van der Waals surface area contributed by atoms with Crippen LogP contribution in [0, 0.1) is 5.41 Å². The molecule has 0 radical (unpaired) electrons. The van der Waals surface area contributed by atoms with Gasteiger partial charge in [-0.1, -0.05) is 13.8 Å². The van der Waals surface area contributed by atoms with E-state index in [0.717, 1.165) is 22.7 Å². The van der Waals surface area contributed by atoms with Gasteiger partial charge in [-0.25, -0.2) is 4.98 Å². The van der Waals surface area contributed by atoms with Crippen LogP contribution >= 0.6 is 11.3 Å². The van der Waals surface area contributed by atoms with Gasteiger partial charge in [-0.2, -0.15) is 0 Å². The van der Waals surface area contributed by atoms with Gasteiger partial charge in [-0.3, -0.25) is 19.4 Å². The average molecular weight is 437 g/mol. The summed E-state index contributed by atoms with van der Waals surface area (Å²) >= 11 is 1.58. The first-order valence-electron chi connectivity index (χ1n) is 10.2. The predicted molar refractivity (Wildman–Crippen MR) is 119 cm³/mol. The van der Waals surface area contributed by atoms with Crippen LogP contribution in [0.2, 0.25) is 0 Å². The number of nitrogens with zero attached hydrogens (tertiary/aromatic N) is 2. The van der Waals surface area contributed by atoms with Crippen molar-refractivity contribution in [1.82, 2.24) is 20.3 Å². The summed E-state index contributed by atoms with van der Waals surface area (Å²) in [7, 11) is 0. The second-order valence-corrected chi connectivity index (χ2v) is 9.51. The minimum Gasteiger partial charge on any atom is -0.352 e. The van der Waals surface area contributed by atoms with Crippen molar-refractivity contribution in [1.29, 1.82) is 0 Å². The molecule has 0 atom stereocenters. The first-order valence-corrected chi connectivity index (χ1v) is 11.1. The van der Waals surface area contributed by atoms with E-state index in [-0.39, 0.29) is 16.8 Å². The smallest absolute Gasteiger partial charge is 0.261 e. The van der Waals surface area contributed by atoms with E-state index in [9.17, 15) is 14.4 Å². The second kappa shape index (κ2) is 8.55. The number of pyridine rings is 2. The molecule has 0 aromatic carbocycles. The van der Waals surface area contributed by atoms with Gasteiger partial charge in [0.15, 0.2) is 5.78 Å². The van der Waals surface area contributed by atoms with Crippen LogP contribution in [-0.2, 0) is 12.8 Å². The number of aromatic nitrogens is 3. The van der Waals surface area contributed by atoms with Crippen LogP contribution in [0.1, 0.15) is 58.1 Å². The van der Waals surface area contributed by atoms with E-state index in [1.54, 1.807) is 23.7 Å². The van der Waals surface area contributed by atoms with Crippen LogP contribution in [0.3, 0.4) is 0 Å². The van der Waals surface area contributed by atoms with Crippen molar-refractivity contribution in [3.8, 4) is 11.3 Å². The van der Waals surface area contributed by atoms with E-state index in [0.29, 0.717) is 37.1 Å². The summed E-state index contributed by atoms with van der Waals surface area (Å²) in [5, 5.41) is 5.78. The van der Waals surface area contributed by atoms with E-state index >= 15 is 0 Å². The molecule has 0 bridgehead atoms. The Morgan fingerprint density at radius 3 is 2.77 bits per heavy atom. The zero-order chi connectivity index (χ0) is 22.0. The fourth-order valence-electron chi connectivity index (χ4n) is 3.81. The number of nitrogens with one attached hydrogen (secondary N) is 2. The molecule has 1 amide bonds. The van der Waals surface area contributed by atoms with Crippen LogP contribution in [0.5, 0.6) is 0 Å². The molecule has 160 valence electrons. The molecule has 0 saturated carbocycles.